The van der Waals surface area contributed by atoms with Gasteiger partial charge in [0.25, 0.3) is 0 Å². The number of aryl methyl sites for hydroxylation is 4. The molecule has 2 aliphatic heterocycles. The Balaban J connectivity index is 1.53. The van der Waals surface area contributed by atoms with Crippen molar-refractivity contribution in [3.05, 3.63) is 46.5 Å². The number of hydrogen-bond donors (Lipinski definition) is 0. The van der Waals surface area contributed by atoms with Gasteiger partial charge in [-0.25, -0.2) is 0 Å². The van der Waals surface area contributed by atoms with Gasteiger partial charge < -0.3 is 18.9 Å². The minimum absolute atomic E-state index is 0.155. The minimum atomic E-state index is -0.347. The van der Waals surface area contributed by atoms with Crippen LogP contribution in [-0.2, 0) is 9.47 Å². The predicted molar refractivity (Wildman–Crippen MR) is 125 cm³/mol. The van der Waals surface area contributed by atoms with Gasteiger partial charge in [-0.05, 0) is 102 Å². The van der Waals surface area contributed by atoms with Crippen LogP contribution >= 0.6 is 0 Å². The maximum atomic E-state index is 6.20. The lowest BCUT2D eigenvalue weighted by Crippen LogP contribution is -2.34. The largest absolute Gasteiger partial charge is 0.485 e. The first-order valence-electron chi connectivity index (χ1n) is 11.2. The average molecular weight is 439 g/mol. The van der Waals surface area contributed by atoms with Gasteiger partial charge in [-0.15, -0.1) is 10.2 Å². The fourth-order valence-corrected chi connectivity index (χ4v) is 4.00. The first-order chi connectivity index (χ1) is 15.0. The van der Waals surface area contributed by atoms with E-state index in [1.54, 1.807) is 0 Å². The van der Waals surface area contributed by atoms with E-state index in [1.165, 1.54) is 0 Å². The molecule has 0 aromatic heterocycles. The van der Waals surface area contributed by atoms with Crippen LogP contribution < -0.4 is 9.47 Å². The zero-order valence-electron chi connectivity index (χ0n) is 20.4. The van der Waals surface area contributed by atoms with Crippen molar-refractivity contribution in [1.82, 2.24) is 0 Å². The number of azo groups is 1. The van der Waals surface area contributed by atoms with Crippen LogP contribution in [-0.4, -0.2) is 36.6 Å². The molecule has 2 saturated heterocycles. The first-order valence-corrected chi connectivity index (χ1v) is 11.2. The molecule has 172 valence electrons. The van der Waals surface area contributed by atoms with Crippen molar-refractivity contribution in [2.24, 2.45) is 10.2 Å². The Morgan fingerprint density at radius 2 is 0.938 bits per heavy atom. The lowest BCUT2D eigenvalue weighted by Gasteiger charge is -2.25. The van der Waals surface area contributed by atoms with E-state index >= 15 is 0 Å². The Hall–Kier alpha value is -2.44. The van der Waals surface area contributed by atoms with Crippen LogP contribution in [0.25, 0.3) is 0 Å². The van der Waals surface area contributed by atoms with E-state index in [-0.39, 0.29) is 23.4 Å². The average Bonchev–Trinajstić information content (AvgIpc) is 3.54. The number of epoxide rings is 2. The monoisotopic (exact) mass is 438 g/mol. The van der Waals surface area contributed by atoms with Gasteiger partial charge in [0.1, 0.15) is 34.9 Å². The van der Waals surface area contributed by atoms with E-state index < -0.39 is 0 Å². The number of rotatable bonds is 8. The highest BCUT2D eigenvalue weighted by Crippen LogP contribution is 2.37. The third-order valence-electron chi connectivity index (χ3n) is 6.16. The first kappa shape index (κ1) is 22.7. The maximum Gasteiger partial charge on any atom is 0.132 e. The minimum Gasteiger partial charge on any atom is -0.485 e. The summed E-state index contributed by atoms with van der Waals surface area (Å²) in [5.74, 6) is 1.66. The van der Waals surface area contributed by atoms with Crippen molar-refractivity contribution >= 4 is 11.4 Å². The van der Waals surface area contributed by atoms with E-state index in [1.807, 2.05) is 52.0 Å². The van der Waals surface area contributed by atoms with Crippen molar-refractivity contribution < 1.29 is 18.9 Å². The van der Waals surface area contributed by atoms with E-state index in [2.05, 4.69) is 37.9 Å². The Morgan fingerprint density at radius 3 is 1.19 bits per heavy atom. The zero-order chi connectivity index (χ0) is 23.3. The van der Waals surface area contributed by atoms with Gasteiger partial charge in [0, 0.05) is 0 Å². The van der Waals surface area contributed by atoms with Crippen molar-refractivity contribution in [2.45, 2.75) is 78.8 Å². The molecule has 0 aliphatic carbocycles. The SMILES string of the molecule is Cc1cc(OC(C)(C)C2CO2)cc(C)c1N=Nc1c(C)cc(OC(C)(C)C2CO2)cc1C. The van der Waals surface area contributed by atoms with E-state index in [0.29, 0.717) is 0 Å². The topological polar surface area (TPSA) is 68.2 Å². The summed E-state index contributed by atoms with van der Waals surface area (Å²) >= 11 is 0. The van der Waals surface area contributed by atoms with Gasteiger partial charge in [0.05, 0.1) is 24.6 Å². The van der Waals surface area contributed by atoms with Crippen LogP contribution in [0.5, 0.6) is 11.5 Å². The van der Waals surface area contributed by atoms with Crippen molar-refractivity contribution in [2.75, 3.05) is 13.2 Å². The molecular weight excluding hydrogens is 404 g/mol. The molecule has 0 amide bonds. The van der Waals surface area contributed by atoms with Gasteiger partial charge in [0.15, 0.2) is 0 Å². The smallest absolute Gasteiger partial charge is 0.132 e. The van der Waals surface area contributed by atoms with E-state index in [9.17, 15) is 0 Å². The van der Waals surface area contributed by atoms with Crippen molar-refractivity contribution in [3.8, 4) is 11.5 Å². The lowest BCUT2D eigenvalue weighted by atomic mass is 10.0. The highest BCUT2D eigenvalue weighted by Gasteiger charge is 2.42. The second-order valence-electron chi connectivity index (χ2n) is 10.1. The molecule has 0 bridgehead atoms. The highest BCUT2D eigenvalue weighted by atomic mass is 16.6. The molecule has 32 heavy (non-hydrogen) atoms. The van der Waals surface area contributed by atoms with Crippen LogP contribution in [0.2, 0.25) is 0 Å². The molecule has 2 aliphatic rings. The summed E-state index contributed by atoms with van der Waals surface area (Å²) in [6, 6.07) is 8.07. The summed E-state index contributed by atoms with van der Waals surface area (Å²) in [5.41, 5.74) is 5.14. The van der Waals surface area contributed by atoms with Crippen molar-refractivity contribution in [3.63, 3.8) is 0 Å². The molecule has 2 aromatic rings. The fourth-order valence-electron chi connectivity index (χ4n) is 4.00. The third kappa shape index (κ3) is 4.97. The summed E-state index contributed by atoms with van der Waals surface area (Å²) in [5, 5.41) is 9.22. The number of nitrogens with zero attached hydrogens (tertiary/aromatic N) is 2. The standard InChI is InChI=1S/C26H34N2O4/c1-15-9-19(31-25(5,6)21-13-29-21)10-16(2)23(15)27-28-24-17(3)11-20(12-18(24)4)32-26(7,8)22-14-30-22/h9-12,21-22H,13-14H2,1-8H3. The van der Waals surface area contributed by atoms with Crippen LogP contribution in [0.4, 0.5) is 11.4 Å². The Morgan fingerprint density at radius 1 is 0.656 bits per heavy atom. The molecule has 0 saturated carbocycles. The highest BCUT2D eigenvalue weighted by molar-refractivity contribution is 5.58. The van der Waals surface area contributed by atoms with Gasteiger partial charge in [-0.3, -0.25) is 0 Å². The molecule has 0 N–H and O–H groups in total. The van der Waals surface area contributed by atoms with Crippen LogP contribution in [0.3, 0.4) is 0 Å². The molecule has 6 nitrogen and oxygen atoms in total. The maximum absolute atomic E-state index is 6.20. The summed E-state index contributed by atoms with van der Waals surface area (Å²) in [4.78, 5) is 0. The summed E-state index contributed by atoms with van der Waals surface area (Å²) < 4.78 is 23.2. The lowest BCUT2D eigenvalue weighted by molar-refractivity contribution is 0.0741. The Labute approximate surface area is 190 Å². The number of hydrogen-bond acceptors (Lipinski definition) is 6. The van der Waals surface area contributed by atoms with E-state index in [4.69, 9.17) is 18.9 Å². The molecule has 2 atom stereocenters. The second-order valence-corrected chi connectivity index (χ2v) is 10.1. The van der Waals surface area contributed by atoms with Crippen LogP contribution in [0, 0.1) is 27.7 Å². The van der Waals surface area contributed by atoms with Crippen LogP contribution in [0.1, 0.15) is 49.9 Å². The summed E-state index contributed by atoms with van der Waals surface area (Å²) in [6.07, 6.45) is 0.311. The molecule has 0 radical (unpaired) electrons. The number of ether oxygens (including phenoxy) is 4. The number of benzene rings is 2. The quantitative estimate of drug-likeness (QED) is 0.351. The molecule has 2 unspecified atom stereocenters. The van der Waals surface area contributed by atoms with Gasteiger partial charge in [0.2, 0.25) is 0 Å². The van der Waals surface area contributed by atoms with Gasteiger partial charge in [-0.1, -0.05) is 0 Å². The molecule has 2 heterocycles. The normalized spacial score (nSPS) is 20.5. The molecule has 0 spiro atoms. The van der Waals surface area contributed by atoms with Gasteiger partial charge >= 0.3 is 0 Å². The molecular formula is C26H34N2O4. The molecule has 4 rings (SSSR count). The fraction of sp³-hybridized carbons (Fsp3) is 0.538. The Bertz CT molecular complexity index is 920. The summed E-state index contributed by atoms with van der Waals surface area (Å²) in [7, 11) is 0. The Kier molecular flexibility index (Phi) is 5.80. The van der Waals surface area contributed by atoms with E-state index in [0.717, 1.165) is 58.3 Å². The molecule has 2 aromatic carbocycles. The molecule has 6 heteroatoms. The predicted octanol–water partition coefficient (Wildman–Crippen LogP) is 6.45. The second kappa shape index (κ2) is 8.16. The van der Waals surface area contributed by atoms with Crippen molar-refractivity contribution in [1.29, 1.82) is 0 Å². The van der Waals surface area contributed by atoms with Crippen LogP contribution in [0.15, 0.2) is 34.5 Å². The third-order valence-corrected chi connectivity index (χ3v) is 6.16. The summed E-state index contributed by atoms with van der Waals surface area (Å²) in [6.45, 7) is 17.9. The van der Waals surface area contributed by atoms with Gasteiger partial charge in [-0.2, -0.15) is 0 Å². The zero-order valence-corrected chi connectivity index (χ0v) is 20.4. The molecule has 2 fully saturated rings.